The van der Waals surface area contributed by atoms with Crippen LogP contribution in [0.15, 0.2) is 18.3 Å². The number of nitrogens with two attached hydrogens (primary N) is 1. The second kappa shape index (κ2) is 7.24. The zero-order valence-corrected chi connectivity index (χ0v) is 12.1. The van der Waals surface area contributed by atoms with Crippen molar-refractivity contribution < 1.29 is 4.79 Å². The van der Waals surface area contributed by atoms with Gasteiger partial charge in [-0.2, -0.15) is 0 Å². The van der Waals surface area contributed by atoms with Gasteiger partial charge in [-0.3, -0.25) is 9.69 Å². The van der Waals surface area contributed by atoms with Crippen LogP contribution in [0.25, 0.3) is 0 Å². The van der Waals surface area contributed by atoms with E-state index in [4.69, 9.17) is 5.73 Å². The highest BCUT2D eigenvalue weighted by Crippen LogP contribution is 2.21. The van der Waals surface area contributed by atoms with Crippen LogP contribution in [0.4, 0.5) is 5.82 Å². The van der Waals surface area contributed by atoms with Gasteiger partial charge in [0.1, 0.15) is 5.82 Å². The number of pyridine rings is 1. The number of aromatic nitrogens is 1. The molecule has 2 rings (SSSR count). The molecule has 20 heavy (non-hydrogen) atoms. The van der Waals surface area contributed by atoms with Gasteiger partial charge in [-0.05, 0) is 50.4 Å². The summed E-state index contributed by atoms with van der Waals surface area (Å²) >= 11 is 0. The van der Waals surface area contributed by atoms with E-state index in [2.05, 4.69) is 28.2 Å². The Kier molecular flexibility index (Phi) is 5.35. The first-order chi connectivity index (χ1) is 9.67. The zero-order valence-electron chi connectivity index (χ0n) is 12.1. The largest absolute Gasteiger partial charge is 0.370 e. The minimum Gasteiger partial charge on any atom is -0.370 e. The fraction of sp³-hybridized carbons (Fsp3) is 0.600. The Balaban J connectivity index is 1.78. The summed E-state index contributed by atoms with van der Waals surface area (Å²) in [5.41, 5.74) is 6.49. The molecule has 0 aliphatic carbocycles. The summed E-state index contributed by atoms with van der Waals surface area (Å²) in [6.45, 7) is 5.95. The van der Waals surface area contributed by atoms with Crippen LogP contribution in [0.2, 0.25) is 0 Å². The highest BCUT2D eigenvalue weighted by Gasteiger charge is 2.20. The number of nitrogens with zero attached hydrogens (tertiary/aromatic N) is 2. The molecular weight excluding hydrogens is 252 g/mol. The lowest BCUT2D eigenvalue weighted by Gasteiger charge is -2.31. The predicted molar refractivity (Wildman–Crippen MR) is 80.2 cm³/mol. The number of nitrogens with one attached hydrogen (secondary N) is 1. The molecule has 1 saturated heterocycles. The van der Waals surface area contributed by atoms with Gasteiger partial charge in [-0.1, -0.05) is 6.07 Å². The molecule has 2 heterocycles. The van der Waals surface area contributed by atoms with Crippen LogP contribution >= 0.6 is 0 Å². The molecule has 1 aliphatic heterocycles. The lowest BCUT2D eigenvalue weighted by molar-refractivity contribution is -0.119. The van der Waals surface area contributed by atoms with Gasteiger partial charge in [0.05, 0.1) is 0 Å². The summed E-state index contributed by atoms with van der Waals surface area (Å²) in [7, 11) is 0. The standard InChI is InChI=1S/C15H24N4O/c1-2-17-15-4-3-13(10-18-15)11-19-7-5-12(6-8-19)9-14(16)20/h3-4,10,12H,2,5-9,11H2,1H3,(H2,16,20)(H,17,18). The third-order valence-electron chi connectivity index (χ3n) is 3.79. The number of anilines is 1. The van der Waals surface area contributed by atoms with Crippen molar-refractivity contribution in [1.29, 1.82) is 0 Å². The van der Waals surface area contributed by atoms with Gasteiger partial charge in [-0.25, -0.2) is 4.98 Å². The minimum atomic E-state index is -0.174. The molecule has 0 bridgehead atoms. The molecule has 0 unspecified atom stereocenters. The van der Waals surface area contributed by atoms with Crippen LogP contribution in [0, 0.1) is 5.92 Å². The highest BCUT2D eigenvalue weighted by molar-refractivity contribution is 5.73. The molecule has 5 heteroatoms. The van der Waals surface area contributed by atoms with Gasteiger partial charge >= 0.3 is 0 Å². The summed E-state index contributed by atoms with van der Waals surface area (Å²) in [6.07, 6.45) is 4.60. The Bertz CT molecular complexity index is 424. The molecule has 3 N–H and O–H groups in total. The lowest BCUT2D eigenvalue weighted by atomic mass is 9.93. The Morgan fingerprint density at radius 2 is 2.20 bits per heavy atom. The lowest BCUT2D eigenvalue weighted by Crippen LogP contribution is -2.34. The maximum atomic E-state index is 10.9. The Morgan fingerprint density at radius 3 is 2.75 bits per heavy atom. The number of rotatable bonds is 6. The molecule has 0 aromatic carbocycles. The van der Waals surface area contributed by atoms with Gasteiger partial charge in [0.2, 0.25) is 5.91 Å². The third kappa shape index (κ3) is 4.49. The number of amides is 1. The molecule has 1 aliphatic rings. The summed E-state index contributed by atoms with van der Waals surface area (Å²) in [6, 6.07) is 4.15. The second-order valence-corrected chi connectivity index (χ2v) is 5.47. The van der Waals surface area contributed by atoms with Crippen molar-refractivity contribution in [3.63, 3.8) is 0 Å². The maximum absolute atomic E-state index is 10.9. The van der Waals surface area contributed by atoms with Crippen molar-refractivity contribution in [3.8, 4) is 0 Å². The van der Waals surface area contributed by atoms with E-state index < -0.39 is 0 Å². The second-order valence-electron chi connectivity index (χ2n) is 5.47. The minimum absolute atomic E-state index is 0.174. The van der Waals surface area contributed by atoms with Gasteiger partial charge in [0, 0.05) is 25.7 Å². The monoisotopic (exact) mass is 276 g/mol. The van der Waals surface area contributed by atoms with E-state index >= 15 is 0 Å². The molecule has 0 spiro atoms. The van der Waals surface area contributed by atoms with Gasteiger partial charge in [-0.15, -0.1) is 0 Å². The van der Waals surface area contributed by atoms with Crippen molar-refractivity contribution in [1.82, 2.24) is 9.88 Å². The van der Waals surface area contributed by atoms with Crippen molar-refractivity contribution >= 4 is 11.7 Å². The molecule has 1 aromatic heterocycles. The Hall–Kier alpha value is -1.62. The first-order valence-corrected chi connectivity index (χ1v) is 7.37. The molecule has 1 aromatic rings. The molecule has 1 fully saturated rings. The molecule has 0 atom stereocenters. The van der Waals surface area contributed by atoms with Crippen LogP contribution in [0.5, 0.6) is 0 Å². The number of piperidine rings is 1. The van der Waals surface area contributed by atoms with Crippen LogP contribution in [0.3, 0.4) is 0 Å². The maximum Gasteiger partial charge on any atom is 0.217 e. The van der Waals surface area contributed by atoms with Crippen molar-refractivity contribution in [3.05, 3.63) is 23.9 Å². The number of hydrogen-bond donors (Lipinski definition) is 2. The Morgan fingerprint density at radius 1 is 1.45 bits per heavy atom. The number of hydrogen-bond acceptors (Lipinski definition) is 4. The molecule has 0 saturated carbocycles. The van der Waals surface area contributed by atoms with E-state index in [-0.39, 0.29) is 5.91 Å². The van der Waals surface area contributed by atoms with Crippen LogP contribution in [-0.4, -0.2) is 35.4 Å². The van der Waals surface area contributed by atoms with Crippen molar-refractivity contribution in [2.24, 2.45) is 11.7 Å². The van der Waals surface area contributed by atoms with E-state index in [1.54, 1.807) is 0 Å². The van der Waals surface area contributed by atoms with E-state index in [1.807, 2.05) is 12.3 Å². The van der Waals surface area contributed by atoms with E-state index in [0.29, 0.717) is 12.3 Å². The normalized spacial score (nSPS) is 17.1. The van der Waals surface area contributed by atoms with Crippen LogP contribution in [0.1, 0.15) is 31.7 Å². The van der Waals surface area contributed by atoms with E-state index in [9.17, 15) is 4.79 Å². The first-order valence-electron chi connectivity index (χ1n) is 7.37. The smallest absolute Gasteiger partial charge is 0.217 e. The number of carbonyl (C=O) groups excluding carboxylic acids is 1. The average Bonchev–Trinajstić information content (AvgIpc) is 2.43. The molecular formula is C15H24N4O. The predicted octanol–water partition coefficient (Wildman–Crippen LogP) is 1.60. The fourth-order valence-electron chi connectivity index (χ4n) is 2.70. The molecule has 0 radical (unpaired) electrons. The summed E-state index contributed by atoms with van der Waals surface area (Å²) in [5, 5.41) is 3.19. The topological polar surface area (TPSA) is 71.2 Å². The first kappa shape index (κ1) is 14.8. The van der Waals surface area contributed by atoms with Gasteiger partial charge in [0.15, 0.2) is 0 Å². The van der Waals surface area contributed by atoms with Gasteiger partial charge in [0.25, 0.3) is 0 Å². The fourth-order valence-corrected chi connectivity index (χ4v) is 2.70. The highest BCUT2D eigenvalue weighted by atomic mass is 16.1. The quantitative estimate of drug-likeness (QED) is 0.828. The summed E-state index contributed by atoms with van der Waals surface area (Å²) in [5.74, 6) is 1.22. The van der Waals surface area contributed by atoms with Crippen LogP contribution < -0.4 is 11.1 Å². The Labute approximate surface area is 120 Å². The third-order valence-corrected chi connectivity index (χ3v) is 3.79. The number of carbonyl (C=O) groups is 1. The molecule has 5 nitrogen and oxygen atoms in total. The van der Waals surface area contributed by atoms with Gasteiger partial charge < -0.3 is 11.1 Å². The van der Waals surface area contributed by atoms with Crippen molar-refractivity contribution in [2.75, 3.05) is 25.0 Å². The van der Waals surface area contributed by atoms with Crippen LogP contribution in [-0.2, 0) is 11.3 Å². The average molecular weight is 276 g/mol. The molecule has 110 valence electrons. The number of primary amides is 1. The van der Waals surface area contributed by atoms with Crippen molar-refractivity contribution in [2.45, 2.75) is 32.7 Å². The van der Waals surface area contributed by atoms with E-state index in [1.165, 1.54) is 5.56 Å². The summed E-state index contributed by atoms with van der Waals surface area (Å²) < 4.78 is 0. The SMILES string of the molecule is CCNc1ccc(CN2CCC(CC(N)=O)CC2)cn1. The zero-order chi connectivity index (χ0) is 14.4. The molecule has 1 amide bonds. The summed E-state index contributed by atoms with van der Waals surface area (Å²) in [4.78, 5) is 17.7. The number of likely N-dealkylation sites (tertiary alicyclic amines) is 1. The van der Waals surface area contributed by atoms with E-state index in [0.717, 1.165) is 44.8 Å².